The van der Waals surface area contributed by atoms with Gasteiger partial charge in [-0.25, -0.2) is 4.98 Å². The monoisotopic (exact) mass is 229 g/mol. The fourth-order valence-corrected chi connectivity index (χ4v) is 1.68. The summed E-state index contributed by atoms with van der Waals surface area (Å²) in [4.78, 5) is 14.7. The van der Waals surface area contributed by atoms with Gasteiger partial charge in [-0.15, -0.1) is 11.3 Å². The van der Waals surface area contributed by atoms with Crippen LogP contribution in [0.5, 0.6) is 0 Å². The summed E-state index contributed by atoms with van der Waals surface area (Å²) in [5, 5.41) is 14.2. The second-order valence-electron chi connectivity index (χ2n) is 3.67. The van der Waals surface area contributed by atoms with Crippen molar-refractivity contribution in [2.24, 2.45) is 11.7 Å². The highest BCUT2D eigenvalue weighted by Crippen LogP contribution is 2.19. The number of nitrogens with two attached hydrogens (primary N) is 1. The van der Waals surface area contributed by atoms with E-state index in [9.17, 15) is 4.79 Å². The highest BCUT2D eigenvalue weighted by atomic mass is 32.1. The maximum Gasteiger partial charge on any atom is 0.326 e. The lowest BCUT2D eigenvalue weighted by molar-refractivity contribution is -0.138. The fraction of sp³-hybridized carbons (Fsp3) is 0.556. The number of carboxylic acid groups (broad SMARTS) is 1. The number of aromatic nitrogens is 1. The molecule has 0 saturated heterocycles. The summed E-state index contributed by atoms with van der Waals surface area (Å²) in [7, 11) is 0. The summed E-state index contributed by atoms with van der Waals surface area (Å²) < 4.78 is 0. The van der Waals surface area contributed by atoms with E-state index in [4.69, 9.17) is 10.8 Å². The molecule has 84 valence electrons. The lowest BCUT2D eigenvalue weighted by Gasteiger charge is -2.05. The van der Waals surface area contributed by atoms with Crippen LogP contribution in [0.15, 0.2) is 5.38 Å². The van der Waals surface area contributed by atoms with Crippen molar-refractivity contribution >= 4 is 22.4 Å². The summed E-state index contributed by atoms with van der Waals surface area (Å²) in [6.07, 6.45) is 0. The van der Waals surface area contributed by atoms with Crippen LogP contribution in [0.1, 0.15) is 25.6 Å². The van der Waals surface area contributed by atoms with E-state index in [-0.39, 0.29) is 0 Å². The Kier molecular flexibility index (Phi) is 4.05. The van der Waals surface area contributed by atoms with Crippen LogP contribution in [0.25, 0.3) is 0 Å². The topological polar surface area (TPSA) is 88.2 Å². The molecule has 0 aliphatic rings. The van der Waals surface area contributed by atoms with Crippen LogP contribution in [-0.4, -0.2) is 22.6 Å². The SMILES string of the molecule is CC(C)CNc1nc(C(N)C(=O)O)cs1. The van der Waals surface area contributed by atoms with E-state index in [0.29, 0.717) is 11.6 Å². The van der Waals surface area contributed by atoms with E-state index in [2.05, 4.69) is 24.1 Å². The van der Waals surface area contributed by atoms with Gasteiger partial charge in [0.1, 0.15) is 6.04 Å². The van der Waals surface area contributed by atoms with Crippen molar-refractivity contribution in [1.82, 2.24) is 4.98 Å². The van der Waals surface area contributed by atoms with E-state index >= 15 is 0 Å². The van der Waals surface area contributed by atoms with Crippen LogP contribution in [0, 0.1) is 5.92 Å². The average Bonchev–Trinajstić information content (AvgIpc) is 2.61. The van der Waals surface area contributed by atoms with E-state index in [0.717, 1.165) is 11.7 Å². The van der Waals surface area contributed by atoms with Crippen molar-refractivity contribution in [3.8, 4) is 0 Å². The molecule has 1 aromatic rings. The van der Waals surface area contributed by atoms with Gasteiger partial charge >= 0.3 is 5.97 Å². The molecule has 1 rings (SSSR count). The van der Waals surface area contributed by atoms with Gasteiger partial charge in [-0.05, 0) is 5.92 Å². The van der Waals surface area contributed by atoms with Crippen LogP contribution in [0.2, 0.25) is 0 Å². The van der Waals surface area contributed by atoms with Crippen molar-refractivity contribution in [2.75, 3.05) is 11.9 Å². The van der Waals surface area contributed by atoms with Crippen LogP contribution in [-0.2, 0) is 4.79 Å². The number of rotatable bonds is 5. The van der Waals surface area contributed by atoms with Crippen molar-refractivity contribution in [2.45, 2.75) is 19.9 Å². The Balaban J connectivity index is 2.60. The standard InChI is InChI=1S/C9H15N3O2S/c1-5(2)3-11-9-12-6(4-15-9)7(10)8(13)14/h4-5,7H,3,10H2,1-2H3,(H,11,12)(H,13,14). The normalized spacial score (nSPS) is 12.8. The van der Waals surface area contributed by atoms with E-state index < -0.39 is 12.0 Å². The molecule has 0 aliphatic carbocycles. The van der Waals surface area contributed by atoms with Crippen molar-refractivity contribution in [3.05, 3.63) is 11.1 Å². The first-order valence-corrected chi connectivity index (χ1v) is 5.56. The smallest absolute Gasteiger partial charge is 0.326 e. The Morgan fingerprint density at radius 1 is 1.73 bits per heavy atom. The molecule has 0 radical (unpaired) electrons. The summed E-state index contributed by atoms with van der Waals surface area (Å²) in [6.45, 7) is 4.99. The molecule has 1 unspecified atom stereocenters. The molecule has 4 N–H and O–H groups in total. The molecule has 0 aliphatic heterocycles. The zero-order valence-corrected chi connectivity index (χ0v) is 9.54. The minimum Gasteiger partial charge on any atom is -0.480 e. The van der Waals surface area contributed by atoms with Crippen molar-refractivity contribution in [3.63, 3.8) is 0 Å². The second-order valence-corrected chi connectivity index (χ2v) is 4.53. The minimum atomic E-state index is -1.06. The maximum atomic E-state index is 10.6. The van der Waals surface area contributed by atoms with E-state index in [1.165, 1.54) is 11.3 Å². The summed E-state index contributed by atoms with van der Waals surface area (Å²) in [6, 6.07) is -1.03. The largest absolute Gasteiger partial charge is 0.480 e. The van der Waals surface area contributed by atoms with Crippen molar-refractivity contribution in [1.29, 1.82) is 0 Å². The Hall–Kier alpha value is -1.14. The lowest BCUT2D eigenvalue weighted by Crippen LogP contribution is -2.21. The Morgan fingerprint density at radius 3 is 2.93 bits per heavy atom. The average molecular weight is 229 g/mol. The molecule has 0 bridgehead atoms. The molecule has 0 amide bonds. The highest BCUT2D eigenvalue weighted by Gasteiger charge is 2.17. The number of aliphatic carboxylic acids is 1. The predicted molar refractivity (Wildman–Crippen MR) is 60.0 cm³/mol. The number of nitrogens with zero attached hydrogens (tertiary/aromatic N) is 1. The maximum absolute atomic E-state index is 10.6. The highest BCUT2D eigenvalue weighted by molar-refractivity contribution is 7.13. The van der Waals surface area contributed by atoms with Gasteiger partial charge in [0.25, 0.3) is 0 Å². The summed E-state index contributed by atoms with van der Waals surface area (Å²) >= 11 is 1.37. The number of thiazole rings is 1. The fourth-order valence-electron chi connectivity index (χ4n) is 0.928. The van der Waals surface area contributed by atoms with Crippen LogP contribution in [0.3, 0.4) is 0 Å². The molecule has 0 spiro atoms. The molecular formula is C9H15N3O2S. The third-order valence-corrected chi connectivity index (χ3v) is 2.59. The van der Waals surface area contributed by atoms with Gasteiger partial charge in [-0.1, -0.05) is 13.8 Å². The Bertz CT molecular complexity index is 338. The van der Waals surface area contributed by atoms with Gasteiger partial charge < -0.3 is 16.2 Å². The Morgan fingerprint density at radius 2 is 2.40 bits per heavy atom. The zero-order valence-electron chi connectivity index (χ0n) is 8.73. The van der Waals surface area contributed by atoms with Gasteiger partial charge in [0.05, 0.1) is 5.69 Å². The van der Waals surface area contributed by atoms with Gasteiger partial charge in [0, 0.05) is 11.9 Å². The van der Waals surface area contributed by atoms with E-state index in [1.54, 1.807) is 5.38 Å². The summed E-state index contributed by atoms with van der Waals surface area (Å²) in [5.41, 5.74) is 5.83. The van der Waals surface area contributed by atoms with Crippen LogP contribution in [0.4, 0.5) is 5.13 Å². The predicted octanol–water partition coefficient (Wildman–Crippen LogP) is 1.30. The van der Waals surface area contributed by atoms with Crippen LogP contribution >= 0.6 is 11.3 Å². The zero-order chi connectivity index (χ0) is 11.4. The number of hydrogen-bond acceptors (Lipinski definition) is 5. The minimum absolute atomic E-state index is 0.402. The Labute approximate surface area is 92.3 Å². The summed E-state index contributed by atoms with van der Waals surface area (Å²) in [5.74, 6) is -0.541. The molecule has 1 heterocycles. The number of nitrogens with one attached hydrogen (secondary N) is 1. The van der Waals surface area contributed by atoms with E-state index in [1.807, 2.05) is 0 Å². The van der Waals surface area contributed by atoms with Gasteiger partial charge in [-0.3, -0.25) is 4.79 Å². The molecule has 0 saturated carbocycles. The number of carboxylic acids is 1. The van der Waals surface area contributed by atoms with Gasteiger partial charge in [-0.2, -0.15) is 0 Å². The first kappa shape index (κ1) is 11.9. The first-order valence-electron chi connectivity index (χ1n) is 4.68. The molecule has 1 atom stereocenters. The first-order chi connectivity index (χ1) is 7.00. The second kappa shape index (κ2) is 5.09. The van der Waals surface area contributed by atoms with Crippen molar-refractivity contribution < 1.29 is 9.90 Å². The third-order valence-electron chi connectivity index (χ3n) is 1.77. The molecule has 15 heavy (non-hydrogen) atoms. The number of anilines is 1. The number of hydrogen-bond donors (Lipinski definition) is 3. The molecule has 0 aromatic carbocycles. The lowest BCUT2D eigenvalue weighted by atomic mass is 10.2. The quantitative estimate of drug-likeness (QED) is 0.708. The third kappa shape index (κ3) is 3.49. The molecule has 1 aromatic heterocycles. The van der Waals surface area contributed by atoms with Crippen LogP contribution < -0.4 is 11.1 Å². The van der Waals surface area contributed by atoms with Gasteiger partial charge in [0.2, 0.25) is 0 Å². The molecule has 5 nitrogen and oxygen atoms in total. The molecular weight excluding hydrogens is 214 g/mol. The molecule has 6 heteroatoms. The van der Waals surface area contributed by atoms with Gasteiger partial charge in [0.15, 0.2) is 5.13 Å². The number of carbonyl (C=O) groups is 1. The molecule has 0 fully saturated rings.